The van der Waals surface area contributed by atoms with Crippen LogP contribution in [0.5, 0.6) is 0 Å². The maximum atomic E-state index is 12.3. The maximum absolute atomic E-state index is 12.3. The Morgan fingerprint density at radius 1 is 1.00 bits per heavy atom. The predicted octanol–water partition coefficient (Wildman–Crippen LogP) is 2.82. The average molecular weight is 306 g/mol. The molecule has 23 heavy (non-hydrogen) atoms. The average Bonchev–Trinajstić information content (AvgIpc) is 2.88. The van der Waals surface area contributed by atoms with Crippen molar-refractivity contribution in [1.29, 1.82) is 0 Å². The Labute approximate surface area is 132 Å². The Morgan fingerprint density at radius 3 is 2.30 bits per heavy atom. The van der Waals surface area contributed by atoms with Crippen molar-refractivity contribution in [1.82, 2.24) is 5.32 Å². The van der Waals surface area contributed by atoms with Gasteiger partial charge in [0.1, 0.15) is 5.92 Å². The molecule has 0 bridgehead atoms. The summed E-state index contributed by atoms with van der Waals surface area (Å²) in [7, 11) is 0. The summed E-state index contributed by atoms with van der Waals surface area (Å²) >= 11 is 0. The Hall–Kier alpha value is -3.11. The molecule has 1 aliphatic rings. The second-order valence-corrected chi connectivity index (χ2v) is 5.30. The van der Waals surface area contributed by atoms with E-state index in [-0.39, 0.29) is 18.2 Å². The van der Waals surface area contributed by atoms with Crippen LogP contribution in [0, 0.1) is 0 Å². The Kier molecular flexibility index (Phi) is 4.08. The Bertz CT molecular complexity index is 780. The highest BCUT2D eigenvalue weighted by Gasteiger charge is 2.41. The molecular formula is C17H14N4O2. The van der Waals surface area contributed by atoms with Crippen LogP contribution in [0.4, 0.5) is 0 Å². The number of hydrogen-bond acceptors (Lipinski definition) is 3. The van der Waals surface area contributed by atoms with Gasteiger partial charge in [-0.05, 0) is 22.2 Å². The highest BCUT2D eigenvalue weighted by molar-refractivity contribution is 6.15. The van der Waals surface area contributed by atoms with Gasteiger partial charge in [0.05, 0.1) is 12.6 Å². The summed E-state index contributed by atoms with van der Waals surface area (Å²) in [6, 6.07) is 16.5. The van der Waals surface area contributed by atoms with Gasteiger partial charge in [-0.15, -0.1) is 0 Å². The normalized spacial score (nSPS) is 20.0. The van der Waals surface area contributed by atoms with Crippen LogP contribution >= 0.6 is 0 Å². The molecule has 6 nitrogen and oxygen atoms in total. The lowest BCUT2D eigenvalue weighted by Gasteiger charge is -2.08. The number of ketones is 1. The molecule has 0 aliphatic carbocycles. The third-order valence-electron chi connectivity index (χ3n) is 3.89. The maximum Gasteiger partial charge on any atom is 0.235 e. The molecule has 0 spiro atoms. The second kappa shape index (κ2) is 6.34. The van der Waals surface area contributed by atoms with Crippen LogP contribution in [0.15, 0.2) is 59.7 Å². The van der Waals surface area contributed by atoms with Crippen LogP contribution in [-0.4, -0.2) is 24.3 Å². The lowest BCUT2D eigenvalue weighted by molar-refractivity contribution is -0.124. The molecule has 2 atom stereocenters. The fraction of sp³-hybridized carbons (Fsp3) is 0.176. The number of nitrogens with one attached hydrogen (secondary N) is 1. The fourth-order valence-electron chi connectivity index (χ4n) is 2.72. The third-order valence-corrected chi connectivity index (χ3v) is 3.89. The van der Waals surface area contributed by atoms with E-state index in [2.05, 4.69) is 15.3 Å². The van der Waals surface area contributed by atoms with Gasteiger partial charge < -0.3 is 5.32 Å². The number of amides is 1. The number of nitrogens with zero attached hydrogens (tertiary/aromatic N) is 3. The molecule has 3 rings (SSSR count). The molecule has 114 valence electrons. The van der Waals surface area contributed by atoms with Crippen LogP contribution < -0.4 is 5.32 Å². The molecule has 1 saturated heterocycles. The number of azide groups is 1. The number of carbonyl (C=O) groups excluding carboxylic acids is 2. The van der Waals surface area contributed by atoms with Gasteiger partial charge in [-0.2, -0.15) is 0 Å². The van der Waals surface area contributed by atoms with Crippen LogP contribution in [0.25, 0.3) is 21.6 Å². The quantitative estimate of drug-likeness (QED) is 0.407. The van der Waals surface area contributed by atoms with E-state index in [0.29, 0.717) is 5.56 Å². The van der Waals surface area contributed by atoms with E-state index in [1.807, 2.05) is 42.5 Å². The summed E-state index contributed by atoms with van der Waals surface area (Å²) in [5.74, 6) is -1.44. The fourth-order valence-corrected chi connectivity index (χ4v) is 2.72. The van der Waals surface area contributed by atoms with Crippen molar-refractivity contribution in [2.45, 2.75) is 12.0 Å². The van der Waals surface area contributed by atoms with Gasteiger partial charge in [0.2, 0.25) is 5.91 Å². The van der Waals surface area contributed by atoms with Crippen molar-refractivity contribution >= 4 is 11.7 Å². The molecule has 2 aromatic carbocycles. The molecule has 1 heterocycles. The zero-order chi connectivity index (χ0) is 16.2. The lowest BCUT2D eigenvalue weighted by Crippen LogP contribution is -2.31. The minimum Gasteiger partial charge on any atom is -0.345 e. The first-order chi connectivity index (χ1) is 11.2. The van der Waals surface area contributed by atoms with Crippen molar-refractivity contribution in [2.24, 2.45) is 5.11 Å². The summed E-state index contributed by atoms with van der Waals surface area (Å²) in [6.07, 6.45) is 0. The highest BCUT2D eigenvalue weighted by Crippen LogP contribution is 2.27. The number of benzene rings is 2. The third kappa shape index (κ3) is 2.93. The summed E-state index contributed by atoms with van der Waals surface area (Å²) < 4.78 is 0. The van der Waals surface area contributed by atoms with E-state index in [1.165, 1.54) is 0 Å². The number of Topliss-reactive ketones (excluding diaryl/α,β-unsaturated/α-hetero) is 1. The van der Waals surface area contributed by atoms with Gasteiger partial charge in [-0.25, -0.2) is 0 Å². The zero-order valence-electron chi connectivity index (χ0n) is 12.2. The molecule has 0 radical (unpaired) electrons. The largest absolute Gasteiger partial charge is 0.345 e. The van der Waals surface area contributed by atoms with Crippen molar-refractivity contribution < 1.29 is 9.59 Å². The Balaban J connectivity index is 1.83. The molecule has 1 fully saturated rings. The van der Waals surface area contributed by atoms with Crippen LogP contribution in [0.1, 0.15) is 11.5 Å². The summed E-state index contributed by atoms with van der Waals surface area (Å²) in [5.41, 5.74) is 11.1. The number of hydrogen-bond donors (Lipinski definition) is 1. The highest BCUT2D eigenvalue weighted by atomic mass is 16.2. The minimum absolute atomic E-state index is 0.0559. The number of rotatable bonds is 4. The van der Waals surface area contributed by atoms with Crippen molar-refractivity contribution in [3.05, 3.63) is 70.6 Å². The van der Waals surface area contributed by atoms with Gasteiger partial charge in [0.25, 0.3) is 0 Å². The van der Waals surface area contributed by atoms with Gasteiger partial charge in [0.15, 0.2) is 5.78 Å². The summed E-state index contributed by atoms with van der Waals surface area (Å²) in [4.78, 5) is 27.0. The van der Waals surface area contributed by atoms with E-state index in [1.54, 1.807) is 12.1 Å². The van der Waals surface area contributed by atoms with E-state index in [4.69, 9.17) is 5.53 Å². The van der Waals surface area contributed by atoms with Gasteiger partial charge >= 0.3 is 0 Å². The van der Waals surface area contributed by atoms with Crippen LogP contribution in [0.2, 0.25) is 0 Å². The van der Waals surface area contributed by atoms with Crippen molar-refractivity contribution in [3.8, 4) is 11.1 Å². The SMILES string of the molecule is [N-]=[N+]=NCC1NC(=O)C(c2ccc(-c3ccccc3)cc2)C1=O. The van der Waals surface area contributed by atoms with Gasteiger partial charge in [0, 0.05) is 4.91 Å². The predicted molar refractivity (Wildman–Crippen MR) is 85.6 cm³/mol. The van der Waals surface area contributed by atoms with E-state index in [0.717, 1.165) is 11.1 Å². The van der Waals surface area contributed by atoms with Gasteiger partial charge in [-0.3, -0.25) is 9.59 Å². The van der Waals surface area contributed by atoms with Crippen LogP contribution in [-0.2, 0) is 9.59 Å². The number of carbonyl (C=O) groups is 2. The molecule has 0 saturated carbocycles. The van der Waals surface area contributed by atoms with E-state index in [9.17, 15) is 9.59 Å². The zero-order valence-corrected chi connectivity index (χ0v) is 12.2. The minimum atomic E-state index is -0.835. The van der Waals surface area contributed by atoms with Gasteiger partial charge in [-0.1, -0.05) is 59.7 Å². The molecule has 2 aromatic rings. The molecule has 2 unspecified atom stereocenters. The smallest absolute Gasteiger partial charge is 0.235 e. The molecule has 6 heteroatoms. The first-order valence-electron chi connectivity index (χ1n) is 7.21. The Morgan fingerprint density at radius 2 is 1.65 bits per heavy atom. The van der Waals surface area contributed by atoms with Crippen LogP contribution in [0.3, 0.4) is 0 Å². The first kappa shape index (κ1) is 14.8. The monoisotopic (exact) mass is 306 g/mol. The van der Waals surface area contributed by atoms with Crippen molar-refractivity contribution in [2.75, 3.05) is 6.54 Å². The molecule has 1 N–H and O–H groups in total. The summed E-state index contributed by atoms with van der Waals surface area (Å²) in [6.45, 7) is -0.0559. The van der Waals surface area contributed by atoms with E-state index >= 15 is 0 Å². The van der Waals surface area contributed by atoms with E-state index < -0.39 is 12.0 Å². The molecular weight excluding hydrogens is 292 g/mol. The summed E-state index contributed by atoms with van der Waals surface area (Å²) in [5, 5.41) is 5.95. The topological polar surface area (TPSA) is 94.9 Å². The molecule has 0 aromatic heterocycles. The first-order valence-corrected chi connectivity index (χ1v) is 7.21. The van der Waals surface area contributed by atoms with Crippen molar-refractivity contribution in [3.63, 3.8) is 0 Å². The molecule has 1 amide bonds. The second-order valence-electron chi connectivity index (χ2n) is 5.30. The lowest BCUT2D eigenvalue weighted by atomic mass is 9.92. The molecule has 1 aliphatic heterocycles. The standard InChI is InChI=1S/C17H14N4O2/c18-21-19-10-14-16(22)15(17(23)20-14)13-8-6-12(7-9-13)11-4-2-1-3-5-11/h1-9,14-15H,10H2,(H,20,23).